The second-order valence-corrected chi connectivity index (χ2v) is 11.2. The molecule has 41 heavy (non-hydrogen) atoms. The lowest BCUT2D eigenvalue weighted by molar-refractivity contribution is 0.0913. The second kappa shape index (κ2) is 9.94. The van der Waals surface area contributed by atoms with Gasteiger partial charge in [-0.25, -0.2) is 9.97 Å². The van der Waals surface area contributed by atoms with Crippen LogP contribution in [-0.4, -0.2) is 45.5 Å². The summed E-state index contributed by atoms with van der Waals surface area (Å²) in [7, 11) is 1.56. The summed E-state index contributed by atoms with van der Waals surface area (Å²) in [5.74, 6) is 1.03. The van der Waals surface area contributed by atoms with Crippen LogP contribution in [0.4, 0.5) is 11.4 Å². The molecule has 2 atom stereocenters. The average molecular weight is 594 g/mol. The van der Waals surface area contributed by atoms with Crippen LogP contribution in [0.1, 0.15) is 54.1 Å². The first-order valence-electron chi connectivity index (χ1n) is 13.3. The molecule has 0 saturated heterocycles. The van der Waals surface area contributed by atoms with Crippen molar-refractivity contribution in [2.45, 2.75) is 45.5 Å². The van der Waals surface area contributed by atoms with E-state index in [0.717, 1.165) is 5.56 Å². The smallest absolute Gasteiger partial charge is 0.280 e. The van der Waals surface area contributed by atoms with Crippen molar-refractivity contribution in [2.75, 3.05) is 23.9 Å². The highest BCUT2D eigenvalue weighted by molar-refractivity contribution is 6.31. The van der Waals surface area contributed by atoms with Crippen LogP contribution in [0.25, 0.3) is 11.4 Å². The highest BCUT2D eigenvalue weighted by Crippen LogP contribution is 2.56. The van der Waals surface area contributed by atoms with Crippen molar-refractivity contribution >= 4 is 40.5 Å². The van der Waals surface area contributed by atoms with Crippen molar-refractivity contribution in [1.29, 1.82) is 0 Å². The number of hydrogen-bond donors (Lipinski definition) is 2. The van der Waals surface area contributed by atoms with E-state index in [4.69, 9.17) is 37.7 Å². The molecule has 2 N–H and O–H groups in total. The monoisotopic (exact) mass is 593 g/mol. The fourth-order valence-corrected chi connectivity index (χ4v) is 6.32. The Labute approximate surface area is 247 Å². The van der Waals surface area contributed by atoms with Gasteiger partial charge in [-0.05, 0) is 57.5 Å². The van der Waals surface area contributed by atoms with Crippen LogP contribution in [0, 0.1) is 6.92 Å². The summed E-state index contributed by atoms with van der Waals surface area (Å²) in [6, 6.07) is 12.2. The predicted octanol–water partition coefficient (Wildman–Crippen LogP) is 6.20. The third-order valence-corrected chi connectivity index (χ3v) is 8.10. The number of methoxy groups -OCH3 is 1. The van der Waals surface area contributed by atoms with Gasteiger partial charge < -0.3 is 24.5 Å². The number of fused-ring (bicyclic) bond motifs is 4. The van der Waals surface area contributed by atoms with Crippen molar-refractivity contribution in [1.82, 2.24) is 14.5 Å². The molecular weight excluding hydrogens is 565 g/mol. The Hall–Kier alpha value is -3.79. The molecule has 0 bridgehead atoms. The topological polar surface area (TPSA) is 102 Å². The number of imidazole rings is 1. The van der Waals surface area contributed by atoms with Crippen molar-refractivity contribution in [3.63, 3.8) is 0 Å². The number of carbonyl (C=O) groups is 1. The zero-order chi connectivity index (χ0) is 29.2. The maximum atomic E-state index is 14.5. The zero-order valence-electron chi connectivity index (χ0n) is 23.2. The minimum atomic E-state index is -1.39. The molecule has 6 rings (SSSR count). The number of halogens is 2. The van der Waals surface area contributed by atoms with Gasteiger partial charge in [-0.15, -0.1) is 0 Å². The minimum Gasteiger partial charge on any atom is -0.496 e. The molecule has 1 amide bonds. The normalized spacial score (nSPS) is 19.1. The van der Waals surface area contributed by atoms with Gasteiger partial charge in [0.05, 0.1) is 30.7 Å². The number of aryl methyl sites for hydroxylation is 1. The number of pyridine rings is 1. The average Bonchev–Trinajstić information content (AvgIpc) is 3.54. The molecule has 0 radical (unpaired) electrons. The lowest BCUT2D eigenvalue weighted by atomic mass is 9.86. The van der Waals surface area contributed by atoms with Gasteiger partial charge in [0.1, 0.15) is 11.6 Å². The molecule has 1 spiro atoms. The number of aliphatic hydroxyl groups excluding tert-OH is 1. The van der Waals surface area contributed by atoms with Gasteiger partial charge in [0.25, 0.3) is 5.91 Å². The molecule has 4 aromatic rings. The summed E-state index contributed by atoms with van der Waals surface area (Å²) >= 11 is 12.8. The Kier molecular flexibility index (Phi) is 6.64. The maximum Gasteiger partial charge on any atom is 0.280 e. The van der Waals surface area contributed by atoms with E-state index in [9.17, 15) is 9.90 Å². The Morgan fingerprint density at radius 1 is 1.15 bits per heavy atom. The molecule has 2 aliphatic heterocycles. The molecular formula is C30H29Cl2N5O4. The second-order valence-electron chi connectivity index (χ2n) is 10.3. The lowest BCUT2D eigenvalue weighted by Gasteiger charge is -2.40. The van der Waals surface area contributed by atoms with Crippen LogP contribution < -0.4 is 19.7 Å². The zero-order valence-corrected chi connectivity index (χ0v) is 24.7. The van der Waals surface area contributed by atoms with E-state index in [1.807, 2.05) is 44.4 Å². The molecule has 2 aliphatic rings. The van der Waals surface area contributed by atoms with Crippen LogP contribution in [-0.2, 0) is 5.54 Å². The molecule has 4 heterocycles. The SMILES string of the molecule is CCOc1cc(OC)c(-c2nc3c(n2C(C)C)C2(c4ccc(Cl)cc4NC2O)N(c2cc(Cl)ccc2C)C3=O)cn1. The van der Waals surface area contributed by atoms with Crippen LogP contribution in [0.15, 0.2) is 48.7 Å². The number of amides is 1. The van der Waals surface area contributed by atoms with E-state index in [0.29, 0.717) is 62.3 Å². The molecule has 2 aromatic heterocycles. The third-order valence-electron chi connectivity index (χ3n) is 7.63. The first kappa shape index (κ1) is 27.4. The summed E-state index contributed by atoms with van der Waals surface area (Å²) < 4.78 is 13.3. The summed E-state index contributed by atoms with van der Waals surface area (Å²) in [4.78, 5) is 25.5. The summed E-state index contributed by atoms with van der Waals surface area (Å²) in [5.41, 5.74) is 2.65. The Bertz CT molecular complexity index is 1700. The molecule has 0 fully saturated rings. The fraction of sp³-hybridized carbons (Fsp3) is 0.300. The fourth-order valence-electron chi connectivity index (χ4n) is 5.98. The van der Waals surface area contributed by atoms with E-state index in [-0.39, 0.29) is 17.6 Å². The van der Waals surface area contributed by atoms with Gasteiger partial charge in [-0.1, -0.05) is 35.3 Å². The van der Waals surface area contributed by atoms with E-state index >= 15 is 0 Å². The maximum absolute atomic E-state index is 14.5. The van der Waals surface area contributed by atoms with Gasteiger partial charge in [-0.2, -0.15) is 0 Å². The van der Waals surface area contributed by atoms with E-state index < -0.39 is 11.8 Å². The van der Waals surface area contributed by atoms with Gasteiger partial charge >= 0.3 is 0 Å². The van der Waals surface area contributed by atoms with Crippen molar-refractivity contribution < 1.29 is 19.4 Å². The largest absolute Gasteiger partial charge is 0.496 e. The number of rotatable bonds is 6. The summed E-state index contributed by atoms with van der Waals surface area (Å²) in [6.07, 6.45) is 0.398. The summed E-state index contributed by atoms with van der Waals surface area (Å²) in [6.45, 7) is 8.24. The number of nitrogens with one attached hydrogen (secondary N) is 1. The quantitative estimate of drug-likeness (QED) is 0.274. The first-order valence-corrected chi connectivity index (χ1v) is 14.0. The van der Waals surface area contributed by atoms with Crippen LogP contribution >= 0.6 is 23.2 Å². The van der Waals surface area contributed by atoms with Crippen LogP contribution in [0.2, 0.25) is 10.0 Å². The number of nitrogens with zero attached hydrogens (tertiary/aromatic N) is 4. The molecule has 11 heteroatoms. The summed E-state index contributed by atoms with van der Waals surface area (Å²) in [5, 5.41) is 16.1. The predicted molar refractivity (Wildman–Crippen MR) is 158 cm³/mol. The van der Waals surface area contributed by atoms with Gasteiger partial charge in [0.15, 0.2) is 17.5 Å². The molecule has 0 saturated carbocycles. The molecule has 2 unspecified atom stereocenters. The number of aliphatic hydroxyl groups is 1. The van der Waals surface area contributed by atoms with Gasteiger partial charge in [-0.3, -0.25) is 9.69 Å². The van der Waals surface area contributed by atoms with Gasteiger partial charge in [0, 0.05) is 39.6 Å². The highest BCUT2D eigenvalue weighted by Gasteiger charge is 2.63. The van der Waals surface area contributed by atoms with Gasteiger partial charge in [0.2, 0.25) is 5.88 Å². The van der Waals surface area contributed by atoms with Crippen molar-refractivity contribution in [3.05, 3.63) is 81.2 Å². The molecule has 2 aromatic carbocycles. The van der Waals surface area contributed by atoms with Crippen molar-refractivity contribution in [3.8, 4) is 23.0 Å². The Morgan fingerprint density at radius 2 is 1.88 bits per heavy atom. The molecule has 9 nitrogen and oxygen atoms in total. The number of ether oxygens (including phenoxy) is 2. The number of anilines is 2. The van der Waals surface area contributed by atoms with Crippen molar-refractivity contribution in [2.24, 2.45) is 0 Å². The van der Waals surface area contributed by atoms with Crippen LogP contribution in [0.5, 0.6) is 11.6 Å². The highest BCUT2D eigenvalue weighted by atomic mass is 35.5. The first-order chi connectivity index (χ1) is 19.6. The minimum absolute atomic E-state index is 0.175. The number of aromatic nitrogens is 3. The van der Waals surface area contributed by atoms with E-state index in [1.165, 1.54) is 0 Å². The molecule has 212 valence electrons. The molecule has 0 aliphatic carbocycles. The Morgan fingerprint density at radius 3 is 2.59 bits per heavy atom. The third kappa shape index (κ3) is 3.90. The standard InChI is InChI=1S/C30H29Cl2N5O4/c1-6-41-24-13-23(40-5)19(14-33-24)27-35-25-26(36(27)15(2)3)30(20-10-9-17(31)11-21(20)34-29(30)39)37(28(25)38)22-12-18(32)8-7-16(22)4/h7-15,29,34,39H,6H2,1-5H3. The van der Waals surface area contributed by atoms with E-state index in [1.54, 1.807) is 48.5 Å². The van der Waals surface area contributed by atoms with Crippen LogP contribution in [0.3, 0.4) is 0 Å². The number of carbonyl (C=O) groups excluding carboxylic acids is 1. The number of hydrogen-bond acceptors (Lipinski definition) is 7. The lowest BCUT2D eigenvalue weighted by Crippen LogP contribution is -2.54. The van der Waals surface area contributed by atoms with E-state index in [2.05, 4.69) is 10.3 Å². The number of benzene rings is 2. The Balaban J connectivity index is 1.70.